The number of ether oxygens (including phenoxy) is 5. The van der Waals surface area contributed by atoms with Crippen molar-refractivity contribution < 1.29 is 23.7 Å². The van der Waals surface area contributed by atoms with Crippen LogP contribution >= 0.6 is 11.3 Å². The number of hydrogen-bond acceptors (Lipinski definition) is 9. The minimum absolute atomic E-state index is 0.526. The van der Waals surface area contributed by atoms with Crippen molar-refractivity contribution >= 4 is 21.6 Å². The third-order valence-corrected chi connectivity index (χ3v) is 6.85. The molecule has 2 aromatic heterocycles. The van der Waals surface area contributed by atoms with Crippen molar-refractivity contribution in [2.75, 3.05) is 35.5 Å². The highest BCUT2D eigenvalue weighted by Crippen LogP contribution is 2.41. The molecule has 0 saturated heterocycles. The van der Waals surface area contributed by atoms with Gasteiger partial charge < -0.3 is 23.7 Å². The minimum Gasteiger partial charge on any atom is -0.497 e. The first-order valence-electron chi connectivity index (χ1n) is 10.9. The van der Waals surface area contributed by atoms with Crippen LogP contribution in [0.15, 0.2) is 54.7 Å². The zero-order chi connectivity index (χ0) is 25.2. The quantitative estimate of drug-likeness (QED) is 0.283. The van der Waals surface area contributed by atoms with Crippen LogP contribution in [0.2, 0.25) is 0 Å². The molecule has 0 atom stereocenters. The molecule has 0 saturated carbocycles. The van der Waals surface area contributed by atoms with E-state index in [1.54, 1.807) is 51.6 Å². The summed E-state index contributed by atoms with van der Waals surface area (Å²) in [5.41, 5.74) is 4.16. The predicted molar refractivity (Wildman–Crippen MR) is 138 cm³/mol. The van der Waals surface area contributed by atoms with Crippen molar-refractivity contribution in [3.05, 3.63) is 54.7 Å². The van der Waals surface area contributed by atoms with Gasteiger partial charge in [-0.25, -0.2) is 9.67 Å². The van der Waals surface area contributed by atoms with Crippen LogP contribution in [-0.2, 0) is 0 Å². The van der Waals surface area contributed by atoms with Gasteiger partial charge in [-0.15, -0.1) is 16.4 Å². The van der Waals surface area contributed by atoms with Gasteiger partial charge in [0, 0.05) is 23.3 Å². The molecular formula is C26H24N4O5S. The molecule has 0 aliphatic carbocycles. The van der Waals surface area contributed by atoms with E-state index in [1.165, 1.54) is 0 Å². The number of aromatic nitrogens is 4. The van der Waals surface area contributed by atoms with E-state index in [4.69, 9.17) is 28.7 Å². The summed E-state index contributed by atoms with van der Waals surface area (Å²) >= 11 is 1.57. The summed E-state index contributed by atoms with van der Waals surface area (Å²) in [6.07, 6.45) is 1.85. The molecular weight excluding hydrogens is 480 g/mol. The van der Waals surface area contributed by atoms with E-state index in [9.17, 15) is 0 Å². The van der Waals surface area contributed by atoms with Crippen molar-refractivity contribution in [3.8, 4) is 56.3 Å². The number of benzene rings is 3. The van der Waals surface area contributed by atoms with Crippen LogP contribution in [0.1, 0.15) is 0 Å². The predicted octanol–water partition coefficient (Wildman–Crippen LogP) is 5.25. The van der Waals surface area contributed by atoms with Crippen LogP contribution in [0, 0.1) is 0 Å². The Kier molecular flexibility index (Phi) is 6.34. The first-order chi connectivity index (χ1) is 17.6. The Morgan fingerprint density at radius 1 is 0.722 bits per heavy atom. The number of thiazole rings is 1. The average Bonchev–Trinajstić information content (AvgIpc) is 3.59. The summed E-state index contributed by atoms with van der Waals surface area (Å²) < 4.78 is 29.9. The Bertz CT molecular complexity index is 1500. The Hall–Kier alpha value is -4.31. The number of rotatable bonds is 8. The van der Waals surface area contributed by atoms with Crippen molar-refractivity contribution in [1.29, 1.82) is 0 Å². The molecule has 5 aromatic rings. The third kappa shape index (κ3) is 4.16. The van der Waals surface area contributed by atoms with Crippen LogP contribution in [-0.4, -0.2) is 55.5 Å². The summed E-state index contributed by atoms with van der Waals surface area (Å²) in [7, 11) is 8.01. The minimum atomic E-state index is 0.526. The second-order valence-corrected chi connectivity index (χ2v) is 8.71. The molecule has 5 rings (SSSR count). The molecule has 3 aromatic carbocycles. The Labute approximate surface area is 211 Å². The average molecular weight is 505 g/mol. The van der Waals surface area contributed by atoms with E-state index in [-0.39, 0.29) is 0 Å². The molecule has 0 aliphatic rings. The van der Waals surface area contributed by atoms with Gasteiger partial charge in [0.05, 0.1) is 57.6 Å². The lowest BCUT2D eigenvalue weighted by Crippen LogP contribution is -1.95. The highest BCUT2D eigenvalue weighted by atomic mass is 32.1. The molecule has 9 nitrogen and oxygen atoms in total. The first kappa shape index (κ1) is 23.4. The zero-order valence-electron chi connectivity index (χ0n) is 20.4. The van der Waals surface area contributed by atoms with Crippen molar-refractivity contribution in [2.24, 2.45) is 0 Å². The number of hydrogen-bond donors (Lipinski definition) is 0. The fraction of sp³-hybridized carbons (Fsp3) is 0.192. The maximum Gasteiger partial charge on any atom is 0.203 e. The Morgan fingerprint density at radius 3 is 2.03 bits per heavy atom. The highest BCUT2D eigenvalue weighted by Gasteiger charge is 2.17. The molecule has 10 heteroatoms. The lowest BCUT2D eigenvalue weighted by molar-refractivity contribution is 0.324. The number of fused-ring (bicyclic) bond motifs is 1. The van der Waals surface area contributed by atoms with Gasteiger partial charge in [0.2, 0.25) is 5.75 Å². The molecule has 36 heavy (non-hydrogen) atoms. The molecule has 184 valence electrons. The normalized spacial score (nSPS) is 10.9. The second kappa shape index (κ2) is 9.74. The van der Waals surface area contributed by atoms with E-state index < -0.39 is 0 Å². The molecule has 2 heterocycles. The SMILES string of the molecule is COc1cc(OC)c2sc(-c3ccc(-n4cc(-c5cc(OC)c(OC)c(OC)c5)nn4)cc3)nc2c1. The summed E-state index contributed by atoms with van der Waals surface area (Å²) in [4.78, 5) is 4.78. The van der Waals surface area contributed by atoms with Crippen LogP contribution in [0.25, 0.3) is 37.7 Å². The molecule has 0 bridgehead atoms. The van der Waals surface area contributed by atoms with Crippen LogP contribution in [0.3, 0.4) is 0 Å². The van der Waals surface area contributed by atoms with E-state index >= 15 is 0 Å². The second-order valence-electron chi connectivity index (χ2n) is 7.71. The molecule has 0 aliphatic heterocycles. The van der Waals surface area contributed by atoms with Gasteiger partial charge in [-0.1, -0.05) is 5.21 Å². The van der Waals surface area contributed by atoms with E-state index in [1.807, 2.05) is 54.7 Å². The third-order valence-electron chi connectivity index (χ3n) is 5.72. The van der Waals surface area contributed by atoms with Gasteiger partial charge in [-0.2, -0.15) is 0 Å². The van der Waals surface area contributed by atoms with Crippen molar-refractivity contribution in [1.82, 2.24) is 20.0 Å². The van der Waals surface area contributed by atoms with E-state index in [2.05, 4.69) is 10.3 Å². The molecule has 0 radical (unpaired) electrons. The summed E-state index contributed by atoms with van der Waals surface area (Å²) in [6, 6.07) is 15.4. The smallest absolute Gasteiger partial charge is 0.203 e. The van der Waals surface area contributed by atoms with E-state index in [0.29, 0.717) is 28.7 Å². The maximum absolute atomic E-state index is 5.53. The van der Waals surface area contributed by atoms with Crippen LogP contribution in [0.5, 0.6) is 28.7 Å². The van der Waals surface area contributed by atoms with Crippen LogP contribution < -0.4 is 23.7 Å². The van der Waals surface area contributed by atoms with Gasteiger partial charge >= 0.3 is 0 Å². The number of methoxy groups -OCH3 is 5. The Balaban J connectivity index is 1.44. The van der Waals surface area contributed by atoms with Crippen LogP contribution in [0.4, 0.5) is 0 Å². The molecule has 0 fully saturated rings. The number of nitrogens with zero attached hydrogens (tertiary/aromatic N) is 4. The fourth-order valence-electron chi connectivity index (χ4n) is 3.88. The largest absolute Gasteiger partial charge is 0.497 e. The van der Waals surface area contributed by atoms with Crippen molar-refractivity contribution in [3.63, 3.8) is 0 Å². The van der Waals surface area contributed by atoms with E-state index in [0.717, 1.165) is 37.8 Å². The monoisotopic (exact) mass is 504 g/mol. The Morgan fingerprint density at radius 2 is 1.42 bits per heavy atom. The fourth-order valence-corrected chi connectivity index (χ4v) is 4.92. The molecule has 0 spiro atoms. The highest BCUT2D eigenvalue weighted by molar-refractivity contribution is 7.22. The van der Waals surface area contributed by atoms with Gasteiger partial charge in [-0.3, -0.25) is 0 Å². The maximum atomic E-state index is 5.53. The summed E-state index contributed by atoms with van der Waals surface area (Å²) in [6.45, 7) is 0. The lowest BCUT2D eigenvalue weighted by Gasteiger charge is -2.13. The van der Waals surface area contributed by atoms with Gasteiger partial charge in [0.15, 0.2) is 11.5 Å². The van der Waals surface area contributed by atoms with Gasteiger partial charge in [0.1, 0.15) is 22.2 Å². The molecule has 0 amide bonds. The lowest BCUT2D eigenvalue weighted by atomic mass is 10.1. The van der Waals surface area contributed by atoms with Gasteiger partial charge in [0.25, 0.3) is 0 Å². The van der Waals surface area contributed by atoms with Crippen molar-refractivity contribution in [2.45, 2.75) is 0 Å². The summed E-state index contributed by atoms with van der Waals surface area (Å²) in [5.74, 6) is 3.08. The standard InChI is InChI=1S/C26H24N4O5S/c1-31-18-12-19-25(23(13-18)34-4)36-26(27-19)15-6-8-17(9-7-15)30-14-20(28-29-30)16-10-21(32-2)24(35-5)22(11-16)33-3/h6-14H,1-5H3. The van der Waals surface area contributed by atoms with Gasteiger partial charge in [-0.05, 0) is 36.4 Å². The first-order valence-corrected chi connectivity index (χ1v) is 11.8. The topological polar surface area (TPSA) is 89.8 Å². The zero-order valence-corrected chi connectivity index (χ0v) is 21.3. The molecule has 0 unspecified atom stereocenters. The summed E-state index contributed by atoms with van der Waals surface area (Å²) in [5, 5.41) is 9.53. The molecule has 0 N–H and O–H groups in total.